The summed E-state index contributed by atoms with van der Waals surface area (Å²) in [5, 5.41) is 8.40. The smallest absolute Gasteiger partial charge is 0.227 e. The van der Waals surface area contributed by atoms with Gasteiger partial charge in [0.15, 0.2) is 11.0 Å². The first-order valence-electron chi connectivity index (χ1n) is 8.69. The van der Waals surface area contributed by atoms with Crippen LogP contribution in [0.25, 0.3) is 0 Å². The van der Waals surface area contributed by atoms with E-state index in [9.17, 15) is 4.79 Å². The first-order chi connectivity index (χ1) is 12.6. The van der Waals surface area contributed by atoms with Crippen molar-refractivity contribution in [3.8, 4) is 5.75 Å². The molecular weight excluding hydrogens is 352 g/mol. The van der Waals surface area contributed by atoms with Crippen LogP contribution in [0.15, 0.2) is 36.4 Å². The van der Waals surface area contributed by atoms with E-state index in [1.807, 2.05) is 37.4 Å². The number of carbonyl (C=O) groups excluding carboxylic acids is 1. The van der Waals surface area contributed by atoms with Gasteiger partial charge in [-0.15, -0.1) is 10.2 Å². The maximum atomic E-state index is 12.9. The summed E-state index contributed by atoms with van der Waals surface area (Å²) >= 11 is 5.81. The number of methoxy groups -OCH3 is 1. The number of nitrogens with zero attached hydrogens (tertiary/aromatic N) is 4. The number of rotatable bonds is 5. The largest absolute Gasteiger partial charge is 0.497 e. The van der Waals surface area contributed by atoms with Crippen LogP contribution >= 0.6 is 11.6 Å². The monoisotopic (exact) mass is 374 g/mol. The molecule has 6 nitrogen and oxygen atoms in total. The fraction of sp³-hybridized carbons (Fsp3) is 0.421. The van der Waals surface area contributed by atoms with Crippen molar-refractivity contribution in [2.45, 2.75) is 19.4 Å². The van der Waals surface area contributed by atoms with Crippen LogP contribution in [0.4, 0.5) is 5.82 Å². The molecule has 0 spiro atoms. The molecule has 2 aromatic rings. The molecule has 1 aliphatic heterocycles. The van der Waals surface area contributed by atoms with E-state index in [1.165, 1.54) is 0 Å². The Balaban J connectivity index is 1.61. The molecule has 0 bridgehead atoms. The highest BCUT2D eigenvalue weighted by atomic mass is 35.5. The van der Waals surface area contributed by atoms with Crippen molar-refractivity contribution >= 4 is 23.3 Å². The number of anilines is 1. The van der Waals surface area contributed by atoms with Gasteiger partial charge in [0, 0.05) is 26.7 Å². The summed E-state index contributed by atoms with van der Waals surface area (Å²) in [5.74, 6) is 1.70. The average molecular weight is 375 g/mol. The molecule has 1 saturated heterocycles. The van der Waals surface area contributed by atoms with Crippen molar-refractivity contribution in [2.24, 2.45) is 5.92 Å². The summed E-state index contributed by atoms with van der Waals surface area (Å²) in [7, 11) is 3.50. The zero-order chi connectivity index (χ0) is 18.5. The zero-order valence-electron chi connectivity index (χ0n) is 15.1. The van der Waals surface area contributed by atoms with Crippen molar-refractivity contribution < 1.29 is 9.53 Å². The van der Waals surface area contributed by atoms with Crippen LogP contribution in [-0.2, 0) is 11.3 Å². The molecule has 1 aromatic carbocycles. The van der Waals surface area contributed by atoms with Gasteiger partial charge in [-0.05, 0) is 42.7 Å². The van der Waals surface area contributed by atoms with Crippen LogP contribution in [0.5, 0.6) is 5.75 Å². The summed E-state index contributed by atoms with van der Waals surface area (Å²) < 4.78 is 5.17. The topological polar surface area (TPSA) is 58.6 Å². The molecule has 1 aliphatic rings. The number of ether oxygens (including phenoxy) is 1. The number of halogens is 1. The molecule has 3 rings (SSSR count). The molecule has 26 heavy (non-hydrogen) atoms. The molecule has 1 aromatic heterocycles. The average Bonchev–Trinajstić information content (AvgIpc) is 2.68. The second-order valence-electron chi connectivity index (χ2n) is 6.54. The molecule has 1 atom stereocenters. The third kappa shape index (κ3) is 4.43. The van der Waals surface area contributed by atoms with Gasteiger partial charge >= 0.3 is 0 Å². The van der Waals surface area contributed by atoms with E-state index in [-0.39, 0.29) is 11.8 Å². The van der Waals surface area contributed by atoms with Gasteiger partial charge in [0.2, 0.25) is 5.91 Å². The van der Waals surface area contributed by atoms with E-state index >= 15 is 0 Å². The van der Waals surface area contributed by atoms with Crippen LogP contribution in [0.2, 0.25) is 5.15 Å². The normalized spacial score (nSPS) is 17.0. The van der Waals surface area contributed by atoms with E-state index in [0.29, 0.717) is 18.2 Å². The Bertz CT molecular complexity index is 736. The summed E-state index contributed by atoms with van der Waals surface area (Å²) in [6, 6.07) is 11.4. The fourth-order valence-corrected chi connectivity index (χ4v) is 3.36. The Labute approximate surface area is 158 Å². The van der Waals surface area contributed by atoms with Gasteiger partial charge in [-0.3, -0.25) is 4.79 Å². The van der Waals surface area contributed by atoms with Crippen LogP contribution < -0.4 is 9.64 Å². The Morgan fingerprint density at radius 3 is 2.69 bits per heavy atom. The molecule has 1 amide bonds. The minimum atomic E-state index is -0.0375. The number of aromatic nitrogens is 2. The number of hydrogen-bond donors (Lipinski definition) is 0. The van der Waals surface area contributed by atoms with Gasteiger partial charge < -0.3 is 14.5 Å². The van der Waals surface area contributed by atoms with Crippen LogP contribution in [0.3, 0.4) is 0 Å². The van der Waals surface area contributed by atoms with Crippen molar-refractivity contribution in [3.63, 3.8) is 0 Å². The Kier molecular flexibility index (Phi) is 5.93. The molecule has 2 heterocycles. The second-order valence-corrected chi connectivity index (χ2v) is 6.93. The van der Waals surface area contributed by atoms with E-state index < -0.39 is 0 Å². The lowest BCUT2D eigenvalue weighted by molar-refractivity contribution is -0.135. The third-order valence-electron chi connectivity index (χ3n) is 4.67. The maximum Gasteiger partial charge on any atom is 0.227 e. The first kappa shape index (κ1) is 18.5. The number of piperidine rings is 1. The minimum absolute atomic E-state index is 0.0375. The van der Waals surface area contributed by atoms with Gasteiger partial charge in [0.05, 0.1) is 13.0 Å². The van der Waals surface area contributed by atoms with E-state index in [4.69, 9.17) is 16.3 Å². The lowest BCUT2D eigenvalue weighted by atomic mass is 9.96. The van der Waals surface area contributed by atoms with Crippen LogP contribution in [0.1, 0.15) is 18.4 Å². The van der Waals surface area contributed by atoms with Crippen molar-refractivity contribution in [2.75, 3.05) is 32.1 Å². The Hall–Kier alpha value is -2.34. The summed E-state index contributed by atoms with van der Waals surface area (Å²) in [6.45, 7) is 2.12. The van der Waals surface area contributed by atoms with Crippen molar-refractivity contribution in [1.82, 2.24) is 15.1 Å². The summed E-state index contributed by atoms with van der Waals surface area (Å²) in [4.78, 5) is 16.8. The molecule has 0 aliphatic carbocycles. The molecule has 0 saturated carbocycles. The van der Waals surface area contributed by atoms with E-state index in [0.717, 1.165) is 36.5 Å². The SMILES string of the molecule is COc1ccc(CN(C)C(=O)[C@@H]2CCCN(c3ccc(Cl)nn3)C2)cc1. The van der Waals surface area contributed by atoms with Crippen LogP contribution in [-0.4, -0.2) is 48.3 Å². The van der Waals surface area contributed by atoms with Gasteiger partial charge in [-0.1, -0.05) is 23.7 Å². The molecular formula is C19H23ClN4O2. The van der Waals surface area contributed by atoms with Crippen molar-refractivity contribution in [3.05, 3.63) is 47.1 Å². The number of benzene rings is 1. The lowest BCUT2D eigenvalue weighted by Gasteiger charge is -2.34. The number of hydrogen-bond acceptors (Lipinski definition) is 5. The van der Waals surface area contributed by atoms with Gasteiger partial charge in [-0.25, -0.2) is 0 Å². The summed E-state index contributed by atoms with van der Waals surface area (Å²) in [6.07, 6.45) is 1.85. The first-order valence-corrected chi connectivity index (χ1v) is 9.06. The molecule has 0 radical (unpaired) electrons. The van der Waals surface area contributed by atoms with Crippen LogP contribution in [0, 0.1) is 5.92 Å². The van der Waals surface area contributed by atoms with Gasteiger partial charge in [0.25, 0.3) is 0 Å². The minimum Gasteiger partial charge on any atom is -0.497 e. The highest BCUT2D eigenvalue weighted by Gasteiger charge is 2.28. The predicted octanol–water partition coefficient (Wildman–Crippen LogP) is 3.01. The number of carbonyl (C=O) groups is 1. The maximum absolute atomic E-state index is 12.9. The molecule has 0 N–H and O–H groups in total. The lowest BCUT2D eigenvalue weighted by Crippen LogP contribution is -2.43. The zero-order valence-corrected chi connectivity index (χ0v) is 15.8. The molecule has 0 unspecified atom stereocenters. The standard InChI is InChI=1S/C19H23ClN4O2/c1-23(12-14-5-7-16(26-2)8-6-14)19(25)15-4-3-11-24(13-15)18-10-9-17(20)21-22-18/h5-10,15H,3-4,11-13H2,1-2H3/t15-/m1/s1. The molecule has 138 valence electrons. The highest BCUT2D eigenvalue weighted by Crippen LogP contribution is 2.23. The second kappa shape index (κ2) is 8.36. The van der Waals surface area contributed by atoms with Crippen molar-refractivity contribution in [1.29, 1.82) is 0 Å². The Morgan fingerprint density at radius 1 is 1.27 bits per heavy atom. The van der Waals surface area contributed by atoms with E-state index in [2.05, 4.69) is 15.1 Å². The van der Waals surface area contributed by atoms with Gasteiger partial charge in [-0.2, -0.15) is 0 Å². The third-order valence-corrected chi connectivity index (χ3v) is 4.87. The summed E-state index contributed by atoms with van der Waals surface area (Å²) in [5.41, 5.74) is 1.08. The molecule has 1 fully saturated rings. The number of amides is 1. The predicted molar refractivity (Wildman–Crippen MR) is 101 cm³/mol. The van der Waals surface area contributed by atoms with Gasteiger partial charge in [0.1, 0.15) is 5.75 Å². The quantitative estimate of drug-likeness (QED) is 0.805. The fourth-order valence-electron chi connectivity index (χ4n) is 3.26. The van der Waals surface area contributed by atoms with E-state index in [1.54, 1.807) is 18.1 Å². The highest BCUT2D eigenvalue weighted by molar-refractivity contribution is 6.29. The Morgan fingerprint density at radius 2 is 2.04 bits per heavy atom. The molecule has 7 heteroatoms.